The van der Waals surface area contributed by atoms with Gasteiger partial charge in [-0.05, 0) is 42.7 Å². The Hall–Kier alpha value is -1.52. The van der Waals surface area contributed by atoms with Crippen LogP contribution in [0.5, 0.6) is 0 Å². The molecular weight excluding hydrogens is 318 g/mol. The summed E-state index contributed by atoms with van der Waals surface area (Å²) in [5.74, 6) is -0.0966. The van der Waals surface area contributed by atoms with Gasteiger partial charge < -0.3 is 0 Å². The van der Waals surface area contributed by atoms with E-state index < -0.39 is 10.0 Å². The highest BCUT2D eigenvalue weighted by atomic mass is 35.5. The predicted molar refractivity (Wildman–Crippen MR) is 92.9 cm³/mol. The van der Waals surface area contributed by atoms with Crippen LogP contribution < -0.4 is 4.31 Å². The van der Waals surface area contributed by atoms with Crippen molar-refractivity contribution >= 4 is 27.3 Å². The zero-order valence-corrected chi connectivity index (χ0v) is 14.4. The van der Waals surface area contributed by atoms with Gasteiger partial charge in [0.15, 0.2) is 0 Å². The Kier molecular flexibility index (Phi) is 5.48. The van der Waals surface area contributed by atoms with Crippen molar-refractivity contribution in [2.75, 3.05) is 10.8 Å². The molecule has 118 valence electrons. The summed E-state index contributed by atoms with van der Waals surface area (Å²) in [6.45, 7) is 4.37. The predicted octanol–water partition coefficient (Wildman–Crippen LogP) is 4.39. The molecule has 0 bridgehead atoms. The summed E-state index contributed by atoms with van der Waals surface area (Å²) in [6.07, 6.45) is 0.746. The number of anilines is 1. The number of rotatable bonds is 6. The molecule has 0 atom stereocenters. The molecule has 3 nitrogen and oxygen atoms in total. The minimum Gasteiger partial charge on any atom is -0.270 e. The Morgan fingerprint density at radius 3 is 2.45 bits per heavy atom. The van der Waals surface area contributed by atoms with Gasteiger partial charge in [-0.15, -0.1) is 0 Å². The van der Waals surface area contributed by atoms with E-state index >= 15 is 0 Å². The SMILES string of the molecule is CCCN(c1cccc(C)c1)S(=O)(=O)Cc1ccccc1Cl. The van der Waals surface area contributed by atoms with Crippen LogP contribution in [0.25, 0.3) is 0 Å². The molecule has 22 heavy (non-hydrogen) atoms. The maximum Gasteiger partial charge on any atom is 0.239 e. The van der Waals surface area contributed by atoms with E-state index in [-0.39, 0.29) is 5.75 Å². The summed E-state index contributed by atoms with van der Waals surface area (Å²) in [5.41, 5.74) is 2.36. The van der Waals surface area contributed by atoms with Gasteiger partial charge in [0, 0.05) is 11.6 Å². The van der Waals surface area contributed by atoms with Crippen LogP contribution in [-0.2, 0) is 15.8 Å². The Balaban J connectivity index is 2.36. The van der Waals surface area contributed by atoms with Crippen molar-refractivity contribution in [1.29, 1.82) is 0 Å². The van der Waals surface area contributed by atoms with Crippen molar-refractivity contribution < 1.29 is 8.42 Å². The third kappa shape index (κ3) is 4.02. The number of aryl methyl sites for hydroxylation is 1. The first-order valence-corrected chi connectivity index (χ1v) is 9.23. The van der Waals surface area contributed by atoms with Crippen LogP contribution in [0.1, 0.15) is 24.5 Å². The number of hydrogen-bond acceptors (Lipinski definition) is 2. The summed E-state index contributed by atoms with van der Waals surface area (Å²) >= 11 is 6.10. The van der Waals surface area contributed by atoms with Gasteiger partial charge in [0.2, 0.25) is 10.0 Å². The molecule has 0 heterocycles. The molecule has 2 aromatic carbocycles. The van der Waals surface area contributed by atoms with E-state index in [2.05, 4.69) is 0 Å². The van der Waals surface area contributed by atoms with Crippen molar-refractivity contribution in [3.8, 4) is 0 Å². The Labute approximate surface area is 137 Å². The Bertz CT molecular complexity index is 744. The molecule has 0 aliphatic heterocycles. The van der Waals surface area contributed by atoms with E-state index in [0.29, 0.717) is 22.8 Å². The lowest BCUT2D eigenvalue weighted by molar-refractivity contribution is 0.589. The Morgan fingerprint density at radius 1 is 1.09 bits per heavy atom. The second kappa shape index (κ2) is 7.16. The van der Waals surface area contributed by atoms with Gasteiger partial charge in [-0.2, -0.15) is 0 Å². The molecule has 5 heteroatoms. The minimum absolute atomic E-state index is 0.0966. The number of sulfonamides is 1. The highest BCUT2D eigenvalue weighted by Crippen LogP contribution is 2.24. The summed E-state index contributed by atoms with van der Waals surface area (Å²) in [6, 6.07) is 14.6. The van der Waals surface area contributed by atoms with Gasteiger partial charge in [0.25, 0.3) is 0 Å². The number of halogens is 1. The molecule has 0 spiro atoms. The molecule has 0 saturated heterocycles. The van der Waals surface area contributed by atoms with Gasteiger partial charge in [0.1, 0.15) is 0 Å². The zero-order chi connectivity index (χ0) is 16.2. The smallest absolute Gasteiger partial charge is 0.239 e. The molecule has 0 N–H and O–H groups in total. The molecule has 2 aromatic rings. The zero-order valence-electron chi connectivity index (χ0n) is 12.8. The van der Waals surface area contributed by atoms with Gasteiger partial charge >= 0.3 is 0 Å². The van der Waals surface area contributed by atoms with E-state index in [1.165, 1.54) is 4.31 Å². The monoisotopic (exact) mass is 337 g/mol. The van der Waals surface area contributed by atoms with Crippen LogP contribution in [-0.4, -0.2) is 15.0 Å². The lowest BCUT2D eigenvalue weighted by Gasteiger charge is -2.24. The molecule has 0 saturated carbocycles. The second-order valence-corrected chi connectivity index (χ2v) is 7.56. The highest BCUT2D eigenvalue weighted by molar-refractivity contribution is 7.92. The van der Waals surface area contributed by atoms with E-state index in [9.17, 15) is 8.42 Å². The molecule has 0 aromatic heterocycles. The lowest BCUT2D eigenvalue weighted by Crippen LogP contribution is -2.33. The first kappa shape index (κ1) is 16.8. The van der Waals surface area contributed by atoms with Crippen LogP contribution in [0.15, 0.2) is 48.5 Å². The average molecular weight is 338 g/mol. The molecule has 0 amide bonds. The topological polar surface area (TPSA) is 37.4 Å². The van der Waals surface area contributed by atoms with Crippen molar-refractivity contribution in [1.82, 2.24) is 0 Å². The van der Waals surface area contributed by atoms with Crippen LogP contribution in [0.2, 0.25) is 5.02 Å². The average Bonchev–Trinajstić information content (AvgIpc) is 2.47. The molecule has 0 radical (unpaired) electrons. The van der Waals surface area contributed by atoms with Gasteiger partial charge in [0.05, 0.1) is 11.4 Å². The largest absolute Gasteiger partial charge is 0.270 e. The van der Waals surface area contributed by atoms with Crippen molar-refractivity contribution in [3.05, 3.63) is 64.7 Å². The molecule has 0 aliphatic carbocycles. The van der Waals surface area contributed by atoms with Crippen LogP contribution in [0, 0.1) is 6.92 Å². The molecule has 0 aliphatic rings. The van der Waals surface area contributed by atoms with Crippen molar-refractivity contribution in [2.24, 2.45) is 0 Å². The summed E-state index contributed by atoms with van der Waals surface area (Å²) < 4.78 is 27.1. The second-order valence-electron chi connectivity index (χ2n) is 5.26. The Morgan fingerprint density at radius 2 is 1.82 bits per heavy atom. The first-order chi connectivity index (χ1) is 10.4. The minimum atomic E-state index is -3.48. The van der Waals surface area contributed by atoms with Gasteiger partial charge in [-0.25, -0.2) is 8.42 Å². The third-order valence-corrected chi connectivity index (χ3v) is 5.46. The fourth-order valence-corrected chi connectivity index (χ4v) is 4.28. The van der Waals surface area contributed by atoms with Crippen LogP contribution in [0.4, 0.5) is 5.69 Å². The fourth-order valence-electron chi connectivity index (χ4n) is 2.30. The number of hydrogen-bond donors (Lipinski definition) is 0. The van der Waals surface area contributed by atoms with E-state index in [4.69, 9.17) is 11.6 Å². The lowest BCUT2D eigenvalue weighted by atomic mass is 10.2. The van der Waals surface area contributed by atoms with Crippen molar-refractivity contribution in [2.45, 2.75) is 26.0 Å². The fraction of sp³-hybridized carbons (Fsp3) is 0.294. The van der Waals surface area contributed by atoms with Gasteiger partial charge in [-0.1, -0.05) is 48.9 Å². The van der Waals surface area contributed by atoms with E-state index in [0.717, 1.165) is 12.0 Å². The first-order valence-electron chi connectivity index (χ1n) is 7.24. The number of nitrogens with zero attached hydrogens (tertiary/aromatic N) is 1. The summed E-state index contributed by atoms with van der Waals surface area (Å²) in [4.78, 5) is 0. The standard InChI is InChI=1S/C17H20ClNO2S/c1-3-11-19(16-9-6-7-14(2)12-16)22(20,21)13-15-8-4-5-10-17(15)18/h4-10,12H,3,11,13H2,1-2H3. The maximum atomic E-state index is 12.8. The van der Waals surface area contributed by atoms with E-state index in [1.54, 1.807) is 24.3 Å². The normalized spacial score (nSPS) is 11.4. The van der Waals surface area contributed by atoms with E-state index in [1.807, 2.05) is 38.1 Å². The summed E-state index contributed by atoms with van der Waals surface area (Å²) in [7, 11) is -3.48. The maximum absolute atomic E-state index is 12.8. The van der Waals surface area contributed by atoms with Crippen LogP contribution in [0.3, 0.4) is 0 Å². The van der Waals surface area contributed by atoms with Gasteiger partial charge in [-0.3, -0.25) is 4.31 Å². The third-order valence-electron chi connectivity index (χ3n) is 3.35. The molecule has 2 rings (SSSR count). The highest BCUT2D eigenvalue weighted by Gasteiger charge is 2.23. The molecular formula is C17H20ClNO2S. The quantitative estimate of drug-likeness (QED) is 0.783. The summed E-state index contributed by atoms with van der Waals surface area (Å²) in [5, 5.41) is 0.478. The molecule has 0 unspecified atom stereocenters. The van der Waals surface area contributed by atoms with Crippen LogP contribution >= 0.6 is 11.6 Å². The molecule has 0 fully saturated rings. The van der Waals surface area contributed by atoms with Crippen molar-refractivity contribution in [3.63, 3.8) is 0 Å². The number of benzene rings is 2.